The summed E-state index contributed by atoms with van der Waals surface area (Å²) in [7, 11) is 0. The minimum atomic E-state index is -0.117. The number of carbonyl (C=O) groups is 2. The van der Waals surface area contributed by atoms with E-state index in [4.69, 9.17) is 0 Å². The van der Waals surface area contributed by atoms with Gasteiger partial charge in [-0.15, -0.1) is 0 Å². The fraction of sp³-hybridized carbons (Fsp3) is 0.364. The van der Waals surface area contributed by atoms with Crippen molar-refractivity contribution in [1.82, 2.24) is 10.2 Å². The van der Waals surface area contributed by atoms with Gasteiger partial charge in [-0.3, -0.25) is 9.59 Å². The summed E-state index contributed by atoms with van der Waals surface area (Å²) in [4.78, 5) is 26.6. The highest BCUT2D eigenvalue weighted by Crippen LogP contribution is 2.18. The van der Waals surface area contributed by atoms with E-state index in [1.54, 1.807) is 0 Å². The first-order chi connectivity index (χ1) is 12.6. The second-order valence-electron chi connectivity index (χ2n) is 7.02. The van der Waals surface area contributed by atoms with Crippen LogP contribution in [-0.2, 0) is 22.6 Å². The Balaban J connectivity index is 1.51. The lowest BCUT2D eigenvalue weighted by molar-refractivity contribution is -0.138. The van der Waals surface area contributed by atoms with Crippen LogP contribution in [0.25, 0.3) is 0 Å². The smallest absolute Gasteiger partial charge is 0.225 e. The van der Waals surface area contributed by atoms with Crippen LogP contribution in [0.3, 0.4) is 0 Å². The molecule has 0 unspecified atom stereocenters. The van der Waals surface area contributed by atoms with Gasteiger partial charge in [-0.1, -0.05) is 60.2 Å². The van der Waals surface area contributed by atoms with Crippen molar-refractivity contribution in [3.63, 3.8) is 0 Å². The second-order valence-corrected chi connectivity index (χ2v) is 7.02. The Bertz CT molecular complexity index is 758. The largest absolute Gasteiger partial charge is 0.352 e. The fourth-order valence-corrected chi connectivity index (χ4v) is 3.41. The number of amides is 2. The van der Waals surface area contributed by atoms with Crippen LogP contribution in [0.5, 0.6) is 0 Å². The van der Waals surface area contributed by atoms with Crippen molar-refractivity contribution in [1.29, 1.82) is 0 Å². The summed E-state index contributed by atoms with van der Waals surface area (Å²) < 4.78 is 0. The predicted octanol–water partition coefficient (Wildman–Crippen LogP) is 3.09. The number of benzene rings is 2. The van der Waals surface area contributed by atoms with E-state index in [1.165, 1.54) is 11.1 Å². The van der Waals surface area contributed by atoms with Crippen molar-refractivity contribution < 1.29 is 9.59 Å². The Morgan fingerprint density at radius 1 is 1.12 bits per heavy atom. The van der Waals surface area contributed by atoms with Crippen molar-refractivity contribution in [3.05, 3.63) is 71.3 Å². The molecule has 1 aliphatic rings. The van der Waals surface area contributed by atoms with E-state index in [-0.39, 0.29) is 17.7 Å². The molecule has 0 aliphatic carbocycles. The summed E-state index contributed by atoms with van der Waals surface area (Å²) in [6.45, 7) is 3.77. The fourth-order valence-electron chi connectivity index (χ4n) is 3.41. The van der Waals surface area contributed by atoms with Gasteiger partial charge in [-0.2, -0.15) is 0 Å². The topological polar surface area (TPSA) is 49.4 Å². The van der Waals surface area contributed by atoms with E-state index in [1.807, 2.05) is 48.2 Å². The molecule has 4 nitrogen and oxygen atoms in total. The molecule has 2 aromatic carbocycles. The van der Waals surface area contributed by atoms with Gasteiger partial charge < -0.3 is 10.2 Å². The lowest BCUT2D eigenvalue weighted by Gasteiger charge is -2.32. The normalized spacial score (nSPS) is 17.2. The van der Waals surface area contributed by atoms with Crippen LogP contribution in [-0.4, -0.2) is 29.8 Å². The molecule has 4 heteroatoms. The van der Waals surface area contributed by atoms with Crippen LogP contribution in [0.2, 0.25) is 0 Å². The molecule has 0 radical (unpaired) electrons. The summed E-state index contributed by atoms with van der Waals surface area (Å²) in [6, 6.07) is 18.3. The summed E-state index contributed by atoms with van der Waals surface area (Å²) in [6.07, 6.45) is 1.92. The number of likely N-dealkylation sites (tertiary alicyclic amines) is 1. The third kappa shape index (κ3) is 4.94. The van der Waals surface area contributed by atoms with Gasteiger partial charge in [0.25, 0.3) is 0 Å². The molecule has 1 saturated heterocycles. The number of nitrogens with one attached hydrogen (secondary N) is 1. The molecule has 136 valence electrons. The maximum Gasteiger partial charge on any atom is 0.225 e. The van der Waals surface area contributed by atoms with Crippen LogP contribution in [0.4, 0.5) is 0 Å². The van der Waals surface area contributed by atoms with Crippen LogP contribution < -0.4 is 5.32 Å². The Morgan fingerprint density at radius 2 is 1.88 bits per heavy atom. The molecule has 1 aliphatic heterocycles. The Labute approximate surface area is 155 Å². The molecule has 2 amide bonds. The Kier molecular flexibility index (Phi) is 6.05. The molecular weight excluding hydrogens is 324 g/mol. The molecule has 0 saturated carbocycles. The number of rotatable bonds is 6. The molecule has 26 heavy (non-hydrogen) atoms. The Morgan fingerprint density at radius 3 is 2.65 bits per heavy atom. The van der Waals surface area contributed by atoms with E-state index in [0.717, 1.165) is 12.0 Å². The lowest BCUT2D eigenvalue weighted by atomic mass is 9.96. The van der Waals surface area contributed by atoms with E-state index in [2.05, 4.69) is 23.5 Å². The Hall–Kier alpha value is -2.62. The van der Waals surface area contributed by atoms with Crippen LogP contribution in [0.1, 0.15) is 29.5 Å². The maximum atomic E-state index is 12.5. The van der Waals surface area contributed by atoms with Gasteiger partial charge in [0.05, 0.1) is 5.92 Å². The number of hydrogen-bond acceptors (Lipinski definition) is 2. The highest BCUT2D eigenvalue weighted by atomic mass is 16.2. The number of carbonyl (C=O) groups excluding carboxylic acids is 2. The number of piperidine rings is 1. The first-order valence-corrected chi connectivity index (χ1v) is 9.27. The van der Waals surface area contributed by atoms with Gasteiger partial charge in [0, 0.05) is 26.1 Å². The van der Waals surface area contributed by atoms with Crippen molar-refractivity contribution in [2.75, 3.05) is 13.1 Å². The van der Waals surface area contributed by atoms with Gasteiger partial charge in [0.1, 0.15) is 0 Å². The minimum Gasteiger partial charge on any atom is -0.352 e. The molecule has 0 spiro atoms. The van der Waals surface area contributed by atoms with Gasteiger partial charge >= 0.3 is 0 Å². The first kappa shape index (κ1) is 18.2. The molecule has 1 fully saturated rings. The van der Waals surface area contributed by atoms with E-state index in [9.17, 15) is 9.59 Å². The van der Waals surface area contributed by atoms with Crippen LogP contribution in [0.15, 0.2) is 54.6 Å². The minimum absolute atomic E-state index is 0.0451. The standard InChI is InChI=1S/C22H26N2O2/c1-17-6-5-9-19(14-17)15-23-22(26)20-10-11-21(25)24(16-20)13-12-18-7-3-2-4-8-18/h2-9,14,20H,10-13,15-16H2,1H3,(H,23,26)/t20-/m1/s1. The monoisotopic (exact) mass is 350 g/mol. The maximum absolute atomic E-state index is 12.5. The van der Waals surface area contributed by atoms with E-state index in [0.29, 0.717) is 32.5 Å². The quantitative estimate of drug-likeness (QED) is 0.870. The van der Waals surface area contributed by atoms with Crippen molar-refractivity contribution in [3.8, 4) is 0 Å². The summed E-state index contributed by atoms with van der Waals surface area (Å²) in [5.74, 6) is 0.0839. The molecule has 3 rings (SSSR count). The molecule has 2 aromatic rings. The third-order valence-corrected chi connectivity index (χ3v) is 4.93. The first-order valence-electron chi connectivity index (χ1n) is 9.27. The summed E-state index contributed by atoms with van der Waals surface area (Å²) >= 11 is 0. The average molecular weight is 350 g/mol. The van der Waals surface area contributed by atoms with Gasteiger partial charge in [-0.05, 0) is 30.9 Å². The SMILES string of the molecule is Cc1cccc(CNC(=O)[C@@H]2CCC(=O)N(CCc3ccccc3)C2)c1. The van der Waals surface area contributed by atoms with Crippen LogP contribution >= 0.6 is 0 Å². The zero-order chi connectivity index (χ0) is 18.4. The highest BCUT2D eigenvalue weighted by Gasteiger charge is 2.29. The van der Waals surface area contributed by atoms with Crippen molar-refractivity contribution >= 4 is 11.8 Å². The van der Waals surface area contributed by atoms with Crippen molar-refractivity contribution in [2.24, 2.45) is 5.92 Å². The lowest BCUT2D eigenvalue weighted by Crippen LogP contribution is -2.46. The number of aryl methyl sites for hydroxylation is 1. The predicted molar refractivity (Wildman–Crippen MR) is 102 cm³/mol. The second kappa shape index (κ2) is 8.65. The zero-order valence-corrected chi connectivity index (χ0v) is 15.3. The molecule has 1 atom stereocenters. The number of hydrogen-bond donors (Lipinski definition) is 1. The molecule has 1 N–H and O–H groups in total. The van der Waals surface area contributed by atoms with Crippen LogP contribution in [0, 0.1) is 12.8 Å². The molecule has 1 heterocycles. The van der Waals surface area contributed by atoms with E-state index >= 15 is 0 Å². The van der Waals surface area contributed by atoms with Gasteiger partial charge in [0.15, 0.2) is 0 Å². The molecule has 0 aromatic heterocycles. The summed E-state index contributed by atoms with van der Waals surface area (Å²) in [5, 5.41) is 3.03. The highest BCUT2D eigenvalue weighted by molar-refractivity contribution is 5.83. The molecular formula is C22H26N2O2. The molecule has 0 bridgehead atoms. The van der Waals surface area contributed by atoms with E-state index < -0.39 is 0 Å². The van der Waals surface area contributed by atoms with Crippen molar-refractivity contribution in [2.45, 2.75) is 32.7 Å². The summed E-state index contributed by atoms with van der Waals surface area (Å²) in [5.41, 5.74) is 3.50. The van der Waals surface area contributed by atoms with Gasteiger partial charge in [-0.25, -0.2) is 0 Å². The third-order valence-electron chi connectivity index (χ3n) is 4.93. The zero-order valence-electron chi connectivity index (χ0n) is 15.3. The number of nitrogens with zero attached hydrogens (tertiary/aromatic N) is 1. The average Bonchev–Trinajstić information content (AvgIpc) is 2.66. The van der Waals surface area contributed by atoms with Gasteiger partial charge in [0.2, 0.25) is 11.8 Å².